The Labute approximate surface area is 169 Å². The predicted molar refractivity (Wildman–Crippen MR) is 103 cm³/mol. The molecule has 1 N–H and O–H groups in total. The average Bonchev–Trinajstić information content (AvgIpc) is 2.93. The van der Waals surface area contributed by atoms with Gasteiger partial charge in [0.15, 0.2) is 0 Å². The van der Waals surface area contributed by atoms with Gasteiger partial charge in [-0.25, -0.2) is 0 Å². The first kappa shape index (κ1) is 20.0. The SMILES string of the molecule is CS(=O)(=O)OCCC1CC(c2cccc3c2CN(C2CCC(=O)NC2=O)C3=O)C1. The Morgan fingerprint density at radius 2 is 1.97 bits per heavy atom. The quantitative estimate of drug-likeness (QED) is 0.549. The Hall–Kier alpha value is -2.26. The molecule has 2 heterocycles. The van der Waals surface area contributed by atoms with Gasteiger partial charge < -0.3 is 4.90 Å². The van der Waals surface area contributed by atoms with Crippen LogP contribution in [0.1, 0.15) is 59.5 Å². The monoisotopic (exact) mass is 420 g/mol. The summed E-state index contributed by atoms with van der Waals surface area (Å²) in [7, 11) is -3.41. The Morgan fingerprint density at radius 1 is 1.21 bits per heavy atom. The molecule has 1 saturated carbocycles. The number of hydrogen-bond acceptors (Lipinski definition) is 6. The maximum atomic E-state index is 12.9. The van der Waals surface area contributed by atoms with Crippen molar-refractivity contribution in [1.82, 2.24) is 10.2 Å². The number of rotatable bonds is 6. The van der Waals surface area contributed by atoms with E-state index in [4.69, 9.17) is 4.18 Å². The molecular formula is C20H24N2O6S. The summed E-state index contributed by atoms with van der Waals surface area (Å²) in [5, 5.41) is 2.32. The molecule has 1 unspecified atom stereocenters. The maximum Gasteiger partial charge on any atom is 0.264 e. The van der Waals surface area contributed by atoms with Crippen molar-refractivity contribution < 1.29 is 27.0 Å². The van der Waals surface area contributed by atoms with Gasteiger partial charge in [-0.15, -0.1) is 0 Å². The smallest absolute Gasteiger partial charge is 0.264 e. The Kier molecular flexibility index (Phi) is 5.20. The minimum absolute atomic E-state index is 0.159. The molecule has 1 aromatic carbocycles. The first-order valence-electron chi connectivity index (χ1n) is 9.84. The van der Waals surface area contributed by atoms with Crippen LogP contribution in [-0.4, -0.2) is 49.9 Å². The number of hydrogen-bond donors (Lipinski definition) is 1. The third-order valence-corrected chi connectivity index (χ3v) is 6.71. The normalized spacial score (nSPS) is 26.9. The molecule has 0 spiro atoms. The first-order valence-corrected chi connectivity index (χ1v) is 11.7. The van der Waals surface area contributed by atoms with Crippen LogP contribution in [-0.2, 0) is 30.4 Å². The van der Waals surface area contributed by atoms with Crippen molar-refractivity contribution in [2.24, 2.45) is 5.92 Å². The van der Waals surface area contributed by atoms with Crippen LogP contribution in [0.25, 0.3) is 0 Å². The van der Waals surface area contributed by atoms with Gasteiger partial charge in [0, 0.05) is 18.5 Å². The lowest BCUT2D eigenvalue weighted by Crippen LogP contribution is -2.52. The van der Waals surface area contributed by atoms with E-state index < -0.39 is 22.1 Å². The molecule has 1 atom stereocenters. The first-order chi connectivity index (χ1) is 13.7. The fraction of sp³-hybridized carbons (Fsp3) is 0.550. The van der Waals surface area contributed by atoms with E-state index >= 15 is 0 Å². The van der Waals surface area contributed by atoms with Gasteiger partial charge in [0.1, 0.15) is 6.04 Å². The number of amides is 3. The molecular weight excluding hydrogens is 396 g/mol. The molecule has 156 valence electrons. The summed E-state index contributed by atoms with van der Waals surface area (Å²) < 4.78 is 26.9. The van der Waals surface area contributed by atoms with Crippen LogP contribution in [0.2, 0.25) is 0 Å². The zero-order chi connectivity index (χ0) is 20.8. The number of piperidine rings is 1. The van der Waals surface area contributed by atoms with Crippen molar-refractivity contribution in [3.8, 4) is 0 Å². The summed E-state index contributed by atoms with van der Waals surface area (Å²) in [6.07, 6.45) is 4.19. The van der Waals surface area contributed by atoms with Crippen molar-refractivity contribution in [2.45, 2.75) is 50.6 Å². The largest absolute Gasteiger partial charge is 0.322 e. The van der Waals surface area contributed by atoms with Crippen molar-refractivity contribution in [1.29, 1.82) is 0 Å². The van der Waals surface area contributed by atoms with Crippen LogP contribution in [0.4, 0.5) is 0 Å². The lowest BCUT2D eigenvalue weighted by atomic mass is 9.69. The van der Waals surface area contributed by atoms with Gasteiger partial charge in [0.25, 0.3) is 16.0 Å². The molecule has 0 aromatic heterocycles. The standard InChI is InChI=1S/C20H24N2O6S/c1-29(26,27)28-8-7-12-9-13(10-12)14-3-2-4-15-16(14)11-22(20(15)25)17-5-6-18(23)21-19(17)24/h2-4,12-13,17H,5-11H2,1H3,(H,21,23,24). The number of imide groups is 1. The van der Waals surface area contributed by atoms with E-state index in [-0.39, 0.29) is 24.8 Å². The predicted octanol–water partition coefficient (Wildman–Crippen LogP) is 1.31. The molecule has 29 heavy (non-hydrogen) atoms. The van der Waals surface area contributed by atoms with E-state index in [1.807, 2.05) is 12.1 Å². The molecule has 1 aliphatic carbocycles. The van der Waals surface area contributed by atoms with Crippen LogP contribution in [0, 0.1) is 5.92 Å². The number of benzene rings is 1. The molecule has 3 amide bonds. The Balaban J connectivity index is 1.42. The summed E-state index contributed by atoms with van der Waals surface area (Å²) in [4.78, 5) is 38.1. The molecule has 8 nitrogen and oxygen atoms in total. The van der Waals surface area contributed by atoms with Gasteiger partial charge in [-0.2, -0.15) is 8.42 Å². The van der Waals surface area contributed by atoms with Crippen LogP contribution >= 0.6 is 0 Å². The van der Waals surface area contributed by atoms with Crippen molar-refractivity contribution in [3.05, 3.63) is 34.9 Å². The second-order valence-electron chi connectivity index (χ2n) is 8.12. The van der Waals surface area contributed by atoms with Crippen LogP contribution in [0.5, 0.6) is 0 Å². The molecule has 3 aliphatic rings. The Bertz CT molecular complexity index is 967. The molecule has 0 bridgehead atoms. The fourth-order valence-corrected chi connectivity index (χ4v) is 4.98. The van der Waals surface area contributed by atoms with E-state index in [9.17, 15) is 22.8 Å². The van der Waals surface area contributed by atoms with Crippen molar-refractivity contribution in [2.75, 3.05) is 12.9 Å². The van der Waals surface area contributed by atoms with E-state index in [0.717, 1.165) is 30.2 Å². The van der Waals surface area contributed by atoms with E-state index in [1.54, 1.807) is 11.0 Å². The molecule has 2 aliphatic heterocycles. The Morgan fingerprint density at radius 3 is 2.66 bits per heavy atom. The topological polar surface area (TPSA) is 110 Å². The second-order valence-corrected chi connectivity index (χ2v) is 9.77. The number of nitrogens with zero attached hydrogens (tertiary/aromatic N) is 1. The van der Waals surface area contributed by atoms with Crippen LogP contribution in [0.15, 0.2) is 18.2 Å². The second kappa shape index (κ2) is 7.53. The van der Waals surface area contributed by atoms with Crippen LogP contribution < -0.4 is 5.32 Å². The lowest BCUT2D eigenvalue weighted by Gasteiger charge is -2.36. The van der Waals surface area contributed by atoms with Gasteiger partial charge in [0.2, 0.25) is 11.8 Å². The zero-order valence-electron chi connectivity index (χ0n) is 16.2. The zero-order valence-corrected chi connectivity index (χ0v) is 17.0. The van der Waals surface area contributed by atoms with Gasteiger partial charge in [-0.3, -0.25) is 23.9 Å². The highest BCUT2D eigenvalue weighted by atomic mass is 32.2. The number of carbonyl (C=O) groups excluding carboxylic acids is 3. The average molecular weight is 420 g/mol. The third-order valence-electron chi connectivity index (χ3n) is 6.12. The molecule has 4 rings (SSSR count). The maximum absolute atomic E-state index is 12.9. The number of nitrogens with one attached hydrogen (secondary N) is 1. The van der Waals surface area contributed by atoms with Gasteiger partial charge in [-0.05, 0) is 54.7 Å². The van der Waals surface area contributed by atoms with Crippen LogP contribution in [0.3, 0.4) is 0 Å². The highest BCUT2D eigenvalue weighted by Crippen LogP contribution is 2.46. The number of carbonyl (C=O) groups is 3. The summed E-state index contributed by atoms with van der Waals surface area (Å²) >= 11 is 0. The molecule has 9 heteroatoms. The molecule has 1 aromatic rings. The van der Waals surface area contributed by atoms with Crippen molar-refractivity contribution in [3.63, 3.8) is 0 Å². The highest BCUT2D eigenvalue weighted by Gasteiger charge is 2.41. The van der Waals surface area contributed by atoms with Gasteiger partial charge in [-0.1, -0.05) is 12.1 Å². The molecule has 0 radical (unpaired) electrons. The van der Waals surface area contributed by atoms with Gasteiger partial charge >= 0.3 is 0 Å². The molecule has 1 saturated heterocycles. The third kappa shape index (κ3) is 4.06. The highest BCUT2D eigenvalue weighted by molar-refractivity contribution is 7.85. The summed E-state index contributed by atoms with van der Waals surface area (Å²) in [6, 6.07) is 5.10. The summed E-state index contributed by atoms with van der Waals surface area (Å²) in [5.41, 5.74) is 2.74. The van der Waals surface area contributed by atoms with E-state index in [0.29, 0.717) is 36.8 Å². The van der Waals surface area contributed by atoms with Gasteiger partial charge in [0.05, 0.1) is 12.9 Å². The van der Waals surface area contributed by atoms with E-state index in [1.165, 1.54) is 0 Å². The van der Waals surface area contributed by atoms with Crippen molar-refractivity contribution >= 4 is 27.8 Å². The summed E-state index contributed by atoms with van der Waals surface area (Å²) in [5.74, 6) is -0.132. The van der Waals surface area contributed by atoms with E-state index in [2.05, 4.69) is 5.32 Å². The molecule has 2 fully saturated rings. The lowest BCUT2D eigenvalue weighted by molar-refractivity contribution is -0.136. The fourth-order valence-electron chi connectivity index (χ4n) is 4.58. The number of fused-ring (bicyclic) bond motifs is 1. The summed E-state index contributed by atoms with van der Waals surface area (Å²) in [6.45, 7) is 0.583. The minimum atomic E-state index is -3.41. The minimum Gasteiger partial charge on any atom is -0.322 e.